The first kappa shape index (κ1) is 22.3. The van der Waals surface area contributed by atoms with Crippen LogP contribution < -0.4 is 14.8 Å². The number of aromatic amines is 1. The summed E-state index contributed by atoms with van der Waals surface area (Å²) in [6, 6.07) is 9.66. The predicted octanol–water partition coefficient (Wildman–Crippen LogP) is 4.10. The van der Waals surface area contributed by atoms with Gasteiger partial charge in [0, 0.05) is 29.3 Å². The highest BCUT2D eigenvalue weighted by Crippen LogP contribution is 2.24. The number of pyridine rings is 1. The van der Waals surface area contributed by atoms with E-state index >= 15 is 0 Å². The molecule has 0 unspecified atom stereocenters. The molecule has 9 nitrogen and oxygen atoms in total. The first-order chi connectivity index (χ1) is 15.9. The van der Waals surface area contributed by atoms with Gasteiger partial charge < -0.3 is 14.8 Å². The van der Waals surface area contributed by atoms with Crippen LogP contribution in [0.15, 0.2) is 36.5 Å². The molecule has 0 spiro atoms. The number of carbonyl (C=O) groups excluding carboxylic acids is 1. The summed E-state index contributed by atoms with van der Waals surface area (Å²) in [4.78, 5) is 17.5. The van der Waals surface area contributed by atoms with E-state index in [0.717, 1.165) is 46.6 Å². The Morgan fingerprint density at radius 2 is 1.82 bits per heavy atom. The molecule has 0 fully saturated rings. The van der Waals surface area contributed by atoms with Crippen molar-refractivity contribution < 1.29 is 14.3 Å². The molecule has 1 amide bonds. The number of aromatic nitrogens is 5. The van der Waals surface area contributed by atoms with Crippen LogP contribution in [0.5, 0.6) is 11.5 Å². The fourth-order valence-corrected chi connectivity index (χ4v) is 3.70. The Labute approximate surface area is 192 Å². The highest BCUT2D eigenvalue weighted by atomic mass is 16.5. The van der Waals surface area contributed by atoms with E-state index in [1.807, 2.05) is 55.8 Å². The normalized spacial score (nSPS) is 11.2. The van der Waals surface area contributed by atoms with E-state index in [1.54, 1.807) is 20.4 Å². The maximum absolute atomic E-state index is 12.9. The highest BCUT2D eigenvalue weighted by Gasteiger charge is 2.16. The minimum Gasteiger partial charge on any atom is -0.497 e. The van der Waals surface area contributed by atoms with Crippen molar-refractivity contribution in [3.8, 4) is 11.5 Å². The smallest absolute Gasteiger partial charge is 0.258 e. The molecule has 2 N–H and O–H groups in total. The maximum atomic E-state index is 12.9. The van der Waals surface area contributed by atoms with Crippen molar-refractivity contribution in [3.63, 3.8) is 0 Å². The maximum Gasteiger partial charge on any atom is 0.258 e. The molecule has 0 bridgehead atoms. The summed E-state index contributed by atoms with van der Waals surface area (Å²) in [7, 11) is 3.27. The third-order valence-electron chi connectivity index (χ3n) is 5.46. The average Bonchev–Trinajstić information content (AvgIpc) is 3.43. The lowest BCUT2D eigenvalue weighted by molar-refractivity contribution is 0.102. The van der Waals surface area contributed by atoms with Crippen molar-refractivity contribution in [2.45, 2.75) is 39.7 Å². The van der Waals surface area contributed by atoms with Gasteiger partial charge in [-0.05, 0) is 57.4 Å². The van der Waals surface area contributed by atoms with Gasteiger partial charge in [0.05, 0.1) is 31.7 Å². The van der Waals surface area contributed by atoms with Crippen LogP contribution in [0.2, 0.25) is 0 Å². The Kier molecular flexibility index (Phi) is 6.30. The molecule has 3 aromatic heterocycles. The van der Waals surface area contributed by atoms with Gasteiger partial charge in [0.1, 0.15) is 11.5 Å². The summed E-state index contributed by atoms with van der Waals surface area (Å²) in [5.74, 6) is 1.72. The third kappa shape index (κ3) is 4.82. The van der Waals surface area contributed by atoms with Crippen LogP contribution in [0.3, 0.4) is 0 Å². The quantitative estimate of drug-likeness (QED) is 0.420. The number of aryl methyl sites for hydroxylation is 3. The lowest BCUT2D eigenvalue weighted by Crippen LogP contribution is -2.15. The van der Waals surface area contributed by atoms with Gasteiger partial charge in [-0.1, -0.05) is 0 Å². The SMILES string of the molecule is COc1cc(CCc2cc(NC(=O)c3cc4cnn(C(C)C)c4nc3C)n[nH]2)cc(OC)c1. The van der Waals surface area contributed by atoms with Crippen molar-refractivity contribution in [2.75, 3.05) is 19.5 Å². The van der Waals surface area contributed by atoms with Gasteiger partial charge >= 0.3 is 0 Å². The number of methoxy groups -OCH3 is 2. The number of nitrogens with one attached hydrogen (secondary N) is 2. The standard InChI is InChI=1S/C24H28N6O3/c1-14(2)30-23-17(13-25-30)10-21(15(3)26-23)24(31)27-22-11-18(28-29-22)7-6-16-8-19(32-4)12-20(9-16)33-5/h8-14H,6-7H2,1-5H3,(H2,27,28,29,31). The Bertz CT molecular complexity index is 1270. The van der Waals surface area contributed by atoms with Crippen LogP contribution in [0.1, 0.15) is 47.2 Å². The number of ether oxygens (including phenoxy) is 2. The van der Waals surface area contributed by atoms with E-state index < -0.39 is 0 Å². The summed E-state index contributed by atoms with van der Waals surface area (Å²) in [5, 5.41) is 15.3. The first-order valence-corrected chi connectivity index (χ1v) is 10.8. The topological polar surface area (TPSA) is 107 Å². The highest BCUT2D eigenvalue weighted by molar-refractivity contribution is 6.06. The minimum absolute atomic E-state index is 0.189. The second-order valence-electron chi connectivity index (χ2n) is 8.17. The second-order valence-corrected chi connectivity index (χ2v) is 8.17. The monoisotopic (exact) mass is 448 g/mol. The van der Waals surface area contributed by atoms with Crippen molar-refractivity contribution in [2.24, 2.45) is 0 Å². The fourth-order valence-electron chi connectivity index (χ4n) is 3.70. The zero-order chi connectivity index (χ0) is 23.5. The van der Waals surface area contributed by atoms with Crippen molar-refractivity contribution in [1.82, 2.24) is 25.0 Å². The van der Waals surface area contributed by atoms with Gasteiger partial charge in [0.25, 0.3) is 5.91 Å². The minimum atomic E-state index is -0.255. The van der Waals surface area contributed by atoms with Crippen LogP contribution in [-0.2, 0) is 12.8 Å². The summed E-state index contributed by atoms with van der Waals surface area (Å²) < 4.78 is 12.5. The molecular formula is C24H28N6O3. The molecule has 1 aromatic carbocycles. The van der Waals surface area contributed by atoms with E-state index in [-0.39, 0.29) is 11.9 Å². The van der Waals surface area contributed by atoms with E-state index in [1.165, 1.54) is 0 Å². The Hall–Kier alpha value is -3.88. The number of H-pyrrole nitrogens is 1. The van der Waals surface area contributed by atoms with E-state index in [4.69, 9.17) is 9.47 Å². The van der Waals surface area contributed by atoms with Crippen LogP contribution in [0, 0.1) is 6.92 Å². The predicted molar refractivity (Wildman–Crippen MR) is 126 cm³/mol. The van der Waals surface area contributed by atoms with E-state index in [0.29, 0.717) is 17.1 Å². The number of nitrogens with zero attached hydrogens (tertiary/aromatic N) is 4. The largest absolute Gasteiger partial charge is 0.497 e. The number of hydrogen-bond acceptors (Lipinski definition) is 6. The van der Waals surface area contributed by atoms with Crippen LogP contribution in [0.25, 0.3) is 11.0 Å². The van der Waals surface area contributed by atoms with Crippen molar-refractivity contribution in [3.05, 3.63) is 59.0 Å². The Morgan fingerprint density at radius 3 is 2.48 bits per heavy atom. The summed E-state index contributed by atoms with van der Waals surface area (Å²) in [6.07, 6.45) is 3.22. The van der Waals surface area contributed by atoms with Crippen LogP contribution in [0.4, 0.5) is 5.82 Å². The van der Waals surface area contributed by atoms with E-state index in [2.05, 4.69) is 25.6 Å². The molecule has 9 heteroatoms. The molecule has 0 aliphatic carbocycles. The summed E-state index contributed by atoms with van der Waals surface area (Å²) in [5.41, 5.74) is 3.91. The molecule has 0 atom stereocenters. The van der Waals surface area contributed by atoms with Gasteiger partial charge in [0.2, 0.25) is 0 Å². The van der Waals surface area contributed by atoms with Gasteiger partial charge in [-0.3, -0.25) is 9.89 Å². The zero-order valence-electron chi connectivity index (χ0n) is 19.5. The second kappa shape index (κ2) is 9.32. The molecule has 3 heterocycles. The number of amides is 1. The van der Waals surface area contributed by atoms with Crippen molar-refractivity contribution in [1.29, 1.82) is 0 Å². The molecule has 172 valence electrons. The number of anilines is 1. The molecule has 0 saturated carbocycles. The van der Waals surface area contributed by atoms with E-state index in [9.17, 15) is 4.79 Å². The molecule has 4 aromatic rings. The zero-order valence-corrected chi connectivity index (χ0v) is 19.5. The molecule has 4 rings (SSSR count). The molecular weight excluding hydrogens is 420 g/mol. The fraction of sp³-hybridized carbons (Fsp3) is 0.333. The number of hydrogen-bond donors (Lipinski definition) is 2. The van der Waals surface area contributed by atoms with Crippen LogP contribution >= 0.6 is 0 Å². The van der Waals surface area contributed by atoms with Gasteiger partial charge in [0.15, 0.2) is 11.5 Å². The number of rotatable bonds is 8. The Morgan fingerprint density at radius 1 is 1.09 bits per heavy atom. The van der Waals surface area contributed by atoms with Crippen LogP contribution in [-0.4, -0.2) is 45.1 Å². The van der Waals surface area contributed by atoms with Crippen molar-refractivity contribution >= 4 is 22.8 Å². The number of benzene rings is 1. The van der Waals surface area contributed by atoms with Gasteiger partial charge in [-0.25, -0.2) is 9.67 Å². The molecule has 0 aliphatic rings. The molecule has 0 radical (unpaired) electrons. The Balaban J connectivity index is 1.44. The number of carbonyl (C=O) groups is 1. The van der Waals surface area contributed by atoms with Gasteiger partial charge in [-0.2, -0.15) is 10.2 Å². The average molecular weight is 449 g/mol. The molecule has 0 saturated heterocycles. The number of fused-ring (bicyclic) bond motifs is 1. The molecule has 33 heavy (non-hydrogen) atoms. The third-order valence-corrected chi connectivity index (χ3v) is 5.46. The lowest BCUT2D eigenvalue weighted by atomic mass is 10.1. The molecule has 0 aliphatic heterocycles. The summed E-state index contributed by atoms with van der Waals surface area (Å²) >= 11 is 0. The van der Waals surface area contributed by atoms with Gasteiger partial charge in [-0.15, -0.1) is 0 Å². The summed E-state index contributed by atoms with van der Waals surface area (Å²) in [6.45, 7) is 5.92. The first-order valence-electron chi connectivity index (χ1n) is 10.8. The lowest BCUT2D eigenvalue weighted by Gasteiger charge is -2.09.